The van der Waals surface area contributed by atoms with Gasteiger partial charge in [0.05, 0.1) is 6.61 Å². The number of piperidine rings is 1. The number of rotatable bonds is 4. The zero-order valence-corrected chi connectivity index (χ0v) is 14.2. The summed E-state index contributed by atoms with van der Waals surface area (Å²) in [5, 5.41) is 0. The SMILES string of the molecule is CCOC(=O)c1cccnc1N1CCC(C(=O)N2CCCC2)CC1. The van der Waals surface area contributed by atoms with Crippen LogP contribution in [0.25, 0.3) is 0 Å². The number of hydrogen-bond acceptors (Lipinski definition) is 5. The molecule has 0 saturated carbocycles. The number of hydrogen-bond donors (Lipinski definition) is 0. The first-order valence-corrected chi connectivity index (χ1v) is 8.86. The molecule has 0 atom stereocenters. The Morgan fingerprint density at radius 2 is 1.92 bits per heavy atom. The predicted molar refractivity (Wildman–Crippen MR) is 90.9 cm³/mol. The highest BCUT2D eigenvalue weighted by molar-refractivity contribution is 5.94. The number of nitrogens with zero attached hydrogens (tertiary/aromatic N) is 3. The maximum atomic E-state index is 12.5. The van der Waals surface area contributed by atoms with Gasteiger partial charge in [-0.15, -0.1) is 0 Å². The van der Waals surface area contributed by atoms with Crippen LogP contribution in [-0.2, 0) is 9.53 Å². The third-order valence-electron chi connectivity index (χ3n) is 4.84. The van der Waals surface area contributed by atoms with Crippen molar-refractivity contribution in [2.24, 2.45) is 5.92 Å². The smallest absolute Gasteiger partial charge is 0.341 e. The first kappa shape index (κ1) is 16.7. The zero-order valence-electron chi connectivity index (χ0n) is 14.2. The highest BCUT2D eigenvalue weighted by atomic mass is 16.5. The van der Waals surface area contributed by atoms with Crippen molar-refractivity contribution in [3.63, 3.8) is 0 Å². The molecule has 24 heavy (non-hydrogen) atoms. The Balaban J connectivity index is 1.64. The fraction of sp³-hybridized carbons (Fsp3) is 0.611. The summed E-state index contributed by atoms with van der Waals surface area (Å²) in [6.07, 6.45) is 5.57. The first-order chi connectivity index (χ1) is 11.7. The van der Waals surface area contributed by atoms with Crippen molar-refractivity contribution in [2.75, 3.05) is 37.7 Å². The zero-order chi connectivity index (χ0) is 16.9. The minimum atomic E-state index is -0.337. The highest BCUT2D eigenvalue weighted by Gasteiger charge is 2.31. The van der Waals surface area contributed by atoms with E-state index in [2.05, 4.69) is 9.88 Å². The molecular formula is C18H25N3O3. The van der Waals surface area contributed by atoms with E-state index in [1.807, 2.05) is 4.90 Å². The van der Waals surface area contributed by atoms with Gasteiger partial charge >= 0.3 is 5.97 Å². The van der Waals surface area contributed by atoms with Gasteiger partial charge in [0, 0.05) is 38.3 Å². The van der Waals surface area contributed by atoms with Gasteiger partial charge in [-0.05, 0) is 44.7 Å². The van der Waals surface area contributed by atoms with Crippen LogP contribution >= 0.6 is 0 Å². The lowest BCUT2D eigenvalue weighted by Crippen LogP contribution is -2.42. The van der Waals surface area contributed by atoms with E-state index in [-0.39, 0.29) is 11.9 Å². The summed E-state index contributed by atoms with van der Waals surface area (Å²) in [7, 11) is 0. The Labute approximate surface area is 142 Å². The first-order valence-electron chi connectivity index (χ1n) is 8.86. The summed E-state index contributed by atoms with van der Waals surface area (Å²) in [6, 6.07) is 3.50. The number of carbonyl (C=O) groups excluding carboxylic acids is 2. The van der Waals surface area contributed by atoms with Crippen molar-refractivity contribution >= 4 is 17.7 Å². The summed E-state index contributed by atoms with van der Waals surface area (Å²) in [4.78, 5) is 33.1. The average molecular weight is 331 g/mol. The van der Waals surface area contributed by atoms with Crippen molar-refractivity contribution in [2.45, 2.75) is 32.6 Å². The van der Waals surface area contributed by atoms with Gasteiger partial charge < -0.3 is 14.5 Å². The number of ether oxygens (including phenoxy) is 1. The van der Waals surface area contributed by atoms with Crippen LogP contribution in [-0.4, -0.2) is 54.5 Å². The molecule has 3 heterocycles. The molecule has 0 spiro atoms. The number of aromatic nitrogens is 1. The van der Waals surface area contributed by atoms with Crippen LogP contribution < -0.4 is 4.90 Å². The van der Waals surface area contributed by atoms with E-state index in [4.69, 9.17) is 4.74 Å². The van der Waals surface area contributed by atoms with Gasteiger partial charge in [-0.25, -0.2) is 9.78 Å². The predicted octanol–water partition coefficient (Wildman–Crippen LogP) is 2.10. The number of esters is 1. The molecule has 3 rings (SSSR count). The molecular weight excluding hydrogens is 306 g/mol. The molecule has 0 unspecified atom stereocenters. The summed E-state index contributed by atoms with van der Waals surface area (Å²) < 4.78 is 5.12. The van der Waals surface area contributed by atoms with Crippen molar-refractivity contribution in [1.82, 2.24) is 9.88 Å². The molecule has 0 aromatic carbocycles. The molecule has 2 aliphatic heterocycles. The van der Waals surface area contributed by atoms with Gasteiger partial charge in [0.2, 0.25) is 5.91 Å². The average Bonchev–Trinajstić information content (AvgIpc) is 3.16. The standard InChI is InChI=1S/C18H25N3O3/c1-2-24-18(23)15-6-5-9-19-16(15)20-12-7-14(8-13-20)17(22)21-10-3-4-11-21/h5-6,9,14H,2-4,7-8,10-13H2,1H3. The summed E-state index contributed by atoms with van der Waals surface area (Å²) >= 11 is 0. The van der Waals surface area contributed by atoms with Gasteiger partial charge in [-0.3, -0.25) is 4.79 Å². The van der Waals surface area contributed by atoms with Gasteiger partial charge in [-0.1, -0.05) is 0 Å². The van der Waals surface area contributed by atoms with Crippen LogP contribution in [0.1, 0.15) is 43.0 Å². The van der Waals surface area contributed by atoms with Crippen LogP contribution in [0.15, 0.2) is 18.3 Å². The van der Waals surface area contributed by atoms with Crippen LogP contribution in [0.5, 0.6) is 0 Å². The second-order valence-corrected chi connectivity index (χ2v) is 6.39. The lowest BCUT2D eigenvalue weighted by Gasteiger charge is -2.34. The Hall–Kier alpha value is -2.11. The quantitative estimate of drug-likeness (QED) is 0.791. The van der Waals surface area contributed by atoms with E-state index in [0.717, 1.165) is 51.9 Å². The molecule has 6 heteroatoms. The van der Waals surface area contributed by atoms with E-state index in [1.165, 1.54) is 0 Å². The van der Waals surface area contributed by atoms with Crippen molar-refractivity contribution < 1.29 is 14.3 Å². The third kappa shape index (κ3) is 3.52. The Bertz CT molecular complexity index is 591. The fourth-order valence-electron chi connectivity index (χ4n) is 3.55. The number of amides is 1. The molecule has 1 amide bonds. The maximum absolute atomic E-state index is 12.5. The number of pyridine rings is 1. The Morgan fingerprint density at radius 1 is 1.21 bits per heavy atom. The number of anilines is 1. The molecule has 0 radical (unpaired) electrons. The molecule has 2 saturated heterocycles. The van der Waals surface area contributed by atoms with Crippen molar-refractivity contribution in [3.8, 4) is 0 Å². The Kier molecular flexibility index (Phi) is 5.33. The van der Waals surface area contributed by atoms with E-state index in [0.29, 0.717) is 23.9 Å². The molecule has 6 nitrogen and oxygen atoms in total. The molecule has 2 aliphatic rings. The van der Waals surface area contributed by atoms with Crippen LogP contribution in [0, 0.1) is 5.92 Å². The normalized spacial score (nSPS) is 18.7. The fourth-order valence-corrected chi connectivity index (χ4v) is 3.55. The molecule has 2 fully saturated rings. The van der Waals surface area contributed by atoms with E-state index < -0.39 is 0 Å². The van der Waals surface area contributed by atoms with Crippen LogP contribution in [0.4, 0.5) is 5.82 Å². The van der Waals surface area contributed by atoms with Gasteiger partial charge in [0.25, 0.3) is 0 Å². The van der Waals surface area contributed by atoms with Crippen LogP contribution in [0.2, 0.25) is 0 Å². The lowest BCUT2D eigenvalue weighted by molar-refractivity contribution is -0.135. The third-order valence-corrected chi connectivity index (χ3v) is 4.84. The summed E-state index contributed by atoms with van der Waals surface area (Å²) in [6.45, 7) is 5.45. The van der Waals surface area contributed by atoms with Gasteiger partial charge in [0.1, 0.15) is 11.4 Å². The monoisotopic (exact) mass is 331 g/mol. The summed E-state index contributed by atoms with van der Waals surface area (Å²) in [5.41, 5.74) is 0.503. The highest BCUT2D eigenvalue weighted by Crippen LogP contribution is 2.27. The lowest BCUT2D eigenvalue weighted by atomic mass is 9.95. The molecule has 0 aliphatic carbocycles. The number of likely N-dealkylation sites (tertiary alicyclic amines) is 1. The van der Waals surface area contributed by atoms with Crippen molar-refractivity contribution in [3.05, 3.63) is 23.9 Å². The molecule has 1 aromatic heterocycles. The maximum Gasteiger partial charge on any atom is 0.341 e. The topological polar surface area (TPSA) is 62.7 Å². The molecule has 130 valence electrons. The minimum Gasteiger partial charge on any atom is -0.462 e. The van der Waals surface area contributed by atoms with E-state index >= 15 is 0 Å². The van der Waals surface area contributed by atoms with E-state index in [9.17, 15) is 9.59 Å². The Morgan fingerprint density at radius 3 is 2.58 bits per heavy atom. The van der Waals surface area contributed by atoms with E-state index in [1.54, 1.807) is 25.3 Å². The second-order valence-electron chi connectivity index (χ2n) is 6.39. The van der Waals surface area contributed by atoms with Crippen molar-refractivity contribution in [1.29, 1.82) is 0 Å². The minimum absolute atomic E-state index is 0.106. The second kappa shape index (κ2) is 7.64. The molecule has 0 N–H and O–H groups in total. The molecule has 1 aromatic rings. The van der Waals surface area contributed by atoms with Crippen LogP contribution in [0.3, 0.4) is 0 Å². The van der Waals surface area contributed by atoms with Gasteiger partial charge in [0.15, 0.2) is 0 Å². The largest absolute Gasteiger partial charge is 0.462 e. The number of carbonyl (C=O) groups is 2. The van der Waals surface area contributed by atoms with Gasteiger partial charge in [-0.2, -0.15) is 0 Å². The molecule has 0 bridgehead atoms. The summed E-state index contributed by atoms with van der Waals surface area (Å²) in [5.74, 6) is 0.742.